The van der Waals surface area contributed by atoms with E-state index in [0.29, 0.717) is 6.54 Å². The molecule has 0 saturated heterocycles. The zero-order valence-electron chi connectivity index (χ0n) is 11.2. The number of benzene rings is 1. The number of hydrogen-bond acceptors (Lipinski definition) is 3. The second kappa shape index (κ2) is 6.75. The second-order valence-electron chi connectivity index (χ2n) is 4.41. The summed E-state index contributed by atoms with van der Waals surface area (Å²) in [6.45, 7) is 2.32. The molecule has 0 aliphatic rings. The van der Waals surface area contributed by atoms with Gasteiger partial charge in [-0.05, 0) is 33.2 Å². The number of hydrogen-bond donors (Lipinski definition) is 1. The van der Waals surface area contributed by atoms with Crippen LogP contribution in [0.25, 0.3) is 0 Å². The highest BCUT2D eigenvalue weighted by molar-refractivity contribution is 9.10. The Morgan fingerprint density at radius 2 is 2.17 bits per heavy atom. The van der Waals surface area contributed by atoms with Gasteiger partial charge >= 0.3 is 0 Å². The van der Waals surface area contributed by atoms with E-state index >= 15 is 0 Å². The van der Waals surface area contributed by atoms with Crippen LogP contribution in [0.5, 0.6) is 5.75 Å². The van der Waals surface area contributed by atoms with Gasteiger partial charge in [0, 0.05) is 10.0 Å². The molecule has 0 heterocycles. The van der Waals surface area contributed by atoms with Crippen LogP contribution < -0.4 is 10.1 Å². The van der Waals surface area contributed by atoms with Gasteiger partial charge in [0.1, 0.15) is 5.75 Å². The average Bonchev–Trinajstić information content (AvgIpc) is 2.27. The van der Waals surface area contributed by atoms with Crippen molar-refractivity contribution >= 4 is 21.8 Å². The maximum Gasteiger partial charge on any atom is 0.234 e. The summed E-state index contributed by atoms with van der Waals surface area (Å²) in [5.41, 5.74) is 0.966. The number of halogens is 1. The number of rotatable bonds is 5. The lowest BCUT2D eigenvalue weighted by Crippen LogP contribution is -2.34. The van der Waals surface area contributed by atoms with Crippen molar-refractivity contribution in [1.82, 2.24) is 10.2 Å². The Labute approximate surface area is 116 Å². The molecule has 0 aromatic heterocycles. The van der Waals surface area contributed by atoms with E-state index in [0.717, 1.165) is 15.8 Å². The summed E-state index contributed by atoms with van der Waals surface area (Å²) in [7, 11) is 5.36. The van der Waals surface area contributed by atoms with Crippen molar-refractivity contribution in [1.29, 1.82) is 0 Å². The monoisotopic (exact) mass is 314 g/mol. The standard InChI is InChI=1S/C13H19BrN2O2/c1-9(15-13(17)8-16(2)3)11-6-5-10(14)7-12(11)18-4/h5-7,9H,8H2,1-4H3,(H,15,17)/t9-/m0/s1. The first kappa shape index (κ1) is 15.0. The third-order valence-electron chi connectivity index (χ3n) is 2.50. The molecule has 1 aromatic carbocycles. The summed E-state index contributed by atoms with van der Waals surface area (Å²) < 4.78 is 6.27. The first-order valence-electron chi connectivity index (χ1n) is 5.71. The maximum absolute atomic E-state index is 11.7. The van der Waals surface area contributed by atoms with Gasteiger partial charge in [0.15, 0.2) is 0 Å². The van der Waals surface area contributed by atoms with E-state index in [1.165, 1.54) is 0 Å². The van der Waals surface area contributed by atoms with Gasteiger partial charge in [0.25, 0.3) is 0 Å². The lowest BCUT2D eigenvalue weighted by Gasteiger charge is -2.18. The fraction of sp³-hybridized carbons (Fsp3) is 0.462. The highest BCUT2D eigenvalue weighted by atomic mass is 79.9. The van der Waals surface area contributed by atoms with E-state index in [-0.39, 0.29) is 11.9 Å². The molecule has 0 aliphatic carbocycles. The molecular formula is C13H19BrN2O2. The minimum Gasteiger partial charge on any atom is -0.496 e. The van der Waals surface area contributed by atoms with Gasteiger partial charge in [-0.25, -0.2) is 0 Å². The normalized spacial score (nSPS) is 12.3. The molecule has 100 valence electrons. The first-order chi connectivity index (χ1) is 8.43. The summed E-state index contributed by atoms with van der Waals surface area (Å²) in [5.74, 6) is 0.763. The van der Waals surface area contributed by atoms with Crippen LogP contribution in [-0.2, 0) is 4.79 Å². The first-order valence-corrected chi connectivity index (χ1v) is 6.51. The SMILES string of the molecule is COc1cc(Br)ccc1[C@H](C)NC(=O)CN(C)C. The van der Waals surface area contributed by atoms with Gasteiger partial charge < -0.3 is 15.0 Å². The Morgan fingerprint density at radius 3 is 2.72 bits per heavy atom. The van der Waals surface area contributed by atoms with E-state index in [2.05, 4.69) is 21.2 Å². The van der Waals surface area contributed by atoms with Crippen molar-refractivity contribution in [2.24, 2.45) is 0 Å². The average molecular weight is 315 g/mol. The summed E-state index contributed by atoms with van der Waals surface area (Å²) in [4.78, 5) is 13.5. The fourth-order valence-electron chi connectivity index (χ4n) is 1.69. The molecule has 0 unspecified atom stereocenters. The van der Waals surface area contributed by atoms with Gasteiger partial charge in [-0.2, -0.15) is 0 Å². The van der Waals surface area contributed by atoms with Gasteiger partial charge in [-0.3, -0.25) is 4.79 Å². The molecule has 0 spiro atoms. The third kappa shape index (κ3) is 4.31. The molecule has 1 N–H and O–H groups in total. The van der Waals surface area contributed by atoms with Crippen LogP contribution in [0.2, 0.25) is 0 Å². The smallest absolute Gasteiger partial charge is 0.234 e. The van der Waals surface area contributed by atoms with Gasteiger partial charge in [-0.1, -0.05) is 22.0 Å². The summed E-state index contributed by atoms with van der Waals surface area (Å²) in [5, 5.41) is 2.95. The van der Waals surface area contributed by atoms with Gasteiger partial charge in [0.2, 0.25) is 5.91 Å². The summed E-state index contributed by atoms with van der Waals surface area (Å²) in [6.07, 6.45) is 0. The minimum absolute atomic E-state index is 0.00234. The molecule has 0 fully saturated rings. The van der Waals surface area contributed by atoms with E-state index in [1.54, 1.807) is 7.11 Å². The molecular weight excluding hydrogens is 296 g/mol. The molecule has 18 heavy (non-hydrogen) atoms. The molecule has 0 bridgehead atoms. The van der Waals surface area contributed by atoms with Crippen LogP contribution in [0.4, 0.5) is 0 Å². The minimum atomic E-state index is -0.0829. The van der Waals surface area contributed by atoms with Gasteiger partial charge in [-0.15, -0.1) is 0 Å². The summed E-state index contributed by atoms with van der Waals surface area (Å²) in [6, 6.07) is 5.69. The number of carbonyl (C=O) groups is 1. The number of carbonyl (C=O) groups excluding carboxylic acids is 1. The van der Waals surface area contributed by atoms with Crippen LogP contribution in [0.3, 0.4) is 0 Å². The quantitative estimate of drug-likeness (QED) is 0.906. The van der Waals surface area contributed by atoms with Crippen LogP contribution in [0, 0.1) is 0 Å². The van der Waals surface area contributed by atoms with Crippen LogP contribution in [-0.4, -0.2) is 38.6 Å². The van der Waals surface area contributed by atoms with E-state index < -0.39 is 0 Å². The van der Waals surface area contributed by atoms with Crippen molar-refractivity contribution in [2.45, 2.75) is 13.0 Å². The Morgan fingerprint density at radius 1 is 1.50 bits per heavy atom. The van der Waals surface area contributed by atoms with Gasteiger partial charge in [0.05, 0.1) is 19.7 Å². The highest BCUT2D eigenvalue weighted by Gasteiger charge is 2.14. The van der Waals surface area contributed by atoms with Crippen molar-refractivity contribution in [3.05, 3.63) is 28.2 Å². The van der Waals surface area contributed by atoms with Crippen molar-refractivity contribution in [3.63, 3.8) is 0 Å². The second-order valence-corrected chi connectivity index (χ2v) is 5.33. The predicted molar refractivity (Wildman–Crippen MR) is 75.8 cm³/mol. The number of ether oxygens (including phenoxy) is 1. The van der Waals surface area contributed by atoms with Crippen molar-refractivity contribution in [2.75, 3.05) is 27.7 Å². The van der Waals surface area contributed by atoms with Crippen LogP contribution in [0.15, 0.2) is 22.7 Å². The van der Waals surface area contributed by atoms with E-state index in [9.17, 15) is 4.79 Å². The topological polar surface area (TPSA) is 41.6 Å². The number of amides is 1. The number of methoxy groups -OCH3 is 1. The molecule has 1 aromatic rings. The third-order valence-corrected chi connectivity index (χ3v) is 2.99. The van der Waals surface area contributed by atoms with E-state index in [4.69, 9.17) is 4.74 Å². The number of nitrogens with one attached hydrogen (secondary N) is 1. The lowest BCUT2D eigenvalue weighted by molar-refractivity contribution is -0.122. The maximum atomic E-state index is 11.7. The molecule has 0 radical (unpaired) electrons. The highest BCUT2D eigenvalue weighted by Crippen LogP contribution is 2.28. The molecule has 0 aliphatic heterocycles. The zero-order valence-corrected chi connectivity index (χ0v) is 12.7. The summed E-state index contributed by atoms with van der Waals surface area (Å²) >= 11 is 3.40. The molecule has 1 amide bonds. The molecule has 4 nitrogen and oxygen atoms in total. The van der Waals surface area contributed by atoms with Crippen molar-refractivity contribution in [3.8, 4) is 5.75 Å². The lowest BCUT2D eigenvalue weighted by atomic mass is 10.1. The Hall–Kier alpha value is -1.07. The Bertz CT molecular complexity index is 421. The van der Waals surface area contributed by atoms with E-state index in [1.807, 2.05) is 44.1 Å². The largest absolute Gasteiger partial charge is 0.496 e. The van der Waals surface area contributed by atoms with Crippen molar-refractivity contribution < 1.29 is 9.53 Å². The van der Waals surface area contributed by atoms with Crippen LogP contribution >= 0.6 is 15.9 Å². The molecule has 1 atom stereocenters. The number of nitrogens with zero attached hydrogens (tertiary/aromatic N) is 1. The molecule has 0 saturated carbocycles. The van der Waals surface area contributed by atoms with Crippen LogP contribution in [0.1, 0.15) is 18.5 Å². The Balaban J connectivity index is 2.77. The molecule has 1 rings (SSSR count). The molecule has 5 heteroatoms. The fourth-order valence-corrected chi connectivity index (χ4v) is 2.03. The predicted octanol–water partition coefficient (Wildman–Crippen LogP) is 2.20. The number of likely N-dealkylation sites (N-methyl/N-ethyl adjacent to an activating group) is 1. The Kier molecular flexibility index (Phi) is 5.62. The zero-order chi connectivity index (χ0) is 13.7.